The summed E-state index contributed by atoms with van der Waals surface area (Å²) in [6.07, 6.45) is -8.71. The Labute approximate surface area is 316 Å². The second-order valence-electron chi connectivity index (χ2n) is 16.8. The third-order valence-electron chi connectivity index (χ3n) is 11.9. The number of carbonyl (C=O) groups excluding carboxylic acids is 2. The monoisotopic (exact) mass is 762 g/mol. The molecule has 0 aliphatic carbocycles. The minimum absolute atomic E-state index is 0.0159. The largest absolute Gasteiger partial charge is 0.459 e. The summed E-state index contributed by atoms with van der Waals surface area (Å²) in [4.78, 5) is 29.8. The first kappa shape index (κ1) is 45.9. The molecular weight excluding hydrogens is 692 g/mol. The van der Waals surface area contributed by atoms with Gasteiger partial charge in [-0.15, -0.1) is 0 Å². The summed E-state index contributed by atoms with van der Waals surface area (Å²) in [7, 11) is 6.60. The van der Waals surface area contributed by atoms with Gasteiger partial charge in [-0.25, -0.2) is 0 Å². The summed E-state index contributed by atoms with van der Waals surface area (Å²) in [5.74, 6) is -3.89. The number of nitrogens with one attached hydrogen (secondary N) is 1. The molecule has 3 saturated heterocycles. The lowest BCUT2D eigenvalue weighted by Gasteiger charge is -2.48. The van der Waals surface area contributed by atoms with E-state index in [4.69, 9.17) is 33.2 Å². The highest BCUT2D eigenvalue weighted by molar-refractivity contribution is 5.79. The predicted octanol–water partition coefficient (Wildman–Crippen LogP) is 1.74. The van der Waals surface area contributed by atoms with Crippen LogP contribution in [0, 0.1) is 17.8 Å². The van der Waals surface area contributed by atoms with E-state index < -0.39 is 108 Å². The fourth-order valence-electron chi connectivity index (χ4n) is 8.70. The van der Waals surface area contributed by atoms with Crippen LogP contribution in [0.3, 0.4) is 0 Å². The van der Waals surface area contributed by atoms with Gasteiger partial charge in [-0.05, 0) is 81.8 Å². The molecule has 3 aliphatic heterocycles. The molecule has 5 N–H and O–H groups in total. The average molecular weight is 763 g/mol. The number of amides is 1. The molecule has 0 radical (unpaired) electrons. The number of hydrogen-bond acceptors (Lipinski definition) is 14. The van der Waals surface area contributed by atoms with Gasteiger partial charge < -0.3 is 63.8 Å². The van der Waals surface area contributed by atoms with Gasteiger partial charge in [0.05, 0.1) is 47.5 Å². The van der Waals surface area contributed by atoms with Crippen LogP contribution in [0.4, 0.5) is 0 Å². The van der Waals surface area contributed by atoms with Crippen LogP contribution in [0.15, 0.2) is 0 Å². The lowest BCUT2D eigenvalue weighted by molar-refractivity contribution is -0.317. The van der Waals surface area contributed by atoms with Crippen molar-refractivity contribution in [1.29, 1.82) is 0 Å². The van der Waals surface area contributed by atoms with E-state index in [0.717, 1.165) is 0 Å². The van der Waals surface area contributed by atoms with E-state index in [-0.39, 0.29) is 31.4 Å². The van der Waals surface area contributed by atoms with Crippen LogP contribution in [-0.4, -0.2) is 156 Å². The minimum Gasteiger partial charge on any atom is -0.459 e. The van der Waals surface area contributed by atoms with Crippen molar-refractivity contribution in [2.24, 2.45) is 17.8 Å². The van der Waals surface area contributed by atoms with E-state index in [1.54, 1.807) is 55.4 Å². The normalized spacial score (nSPS) is 48.4. The molecule has 3 fully saturated rings. The van der Waals surface area contributed by atoms with Crippen molar-refractivity contribution in [2.75, 3.05) is 28.3 Å². The maximum Gasteiger partial charge on any atom is 0.311 e. The van der Waals surface area contributed by atoms with E-state index in [1.807, 2.05) is 25.9 Å². The number of nitrogens with zero attached hydrogens (tertiary/aromatic N) is 1. The zero-order valence-electron chi connectivity index (χ0n) is 34.4. The Morgan fingerprint density at radius 2 is 1.53 bits per heavy atom. The molecule has 15 nitrogen and oxygen atoms in total. The number of carbonyl (C=O) groups is 2. The minimum atomic E-state index is -1.79. The molecule has 0 aromatic heterocycles. The highest BCUT2D eigenvalue weighted by atomic mass is 16.7. The molecule has 53 heavy (non-hydrogen) atoms. The van der Waals surface area contributed by atoms with Crippen LogP contribution < -0.4 is 5.32 Å². The van der Waals surface area contributed by atoms with Gasteiger partial charge in [-0.3, -0.25) is 9.59 Å². The summed E-state index contributed by atoms with van der Waals surface area (Å²) >= 11 is 0. The number of methoxy groups -OCH3 is 2. The van der Waals surface area contributed by atoms with Gasteiger partial charge in [-0.1, -0.05) is 20.8 Å². The summed E-state index contributed by atoms with van der Waals surface area (Å²) in [5.41, 5.74) is -4.54. The van der Waals surface area contributed by atoms with Gasteiger partial charge in [0.25, 0.3) is 0 Å². The fourth-order valence-corrected chi connectivity index (χ4v) is 8.70. The average Bonchev–Trinajstić information content (AvgIpc) is 3.06. The van der Waals surface area contributed by atoms with Crippen molar-refractivity contribution in [3.63, 3.8) is 0 Å². The number of hydrogen-bond donors (Lipinski definition) is 5. The first-order chi connectivity index (χ1) is 24.4. The van der Waals surface area contributed by atoms with Crippen molar-refractivity contribution in [3.05, 3.63) is 0 Å². The zero-order chi connectivity index (χ0) is 40.4. The van der Waals surface area contributed by atoms with Crippen molar-refractivity contribution in [3.8, 4) is 0 Å². The summed E-state index contributed by atoms with van der Waals surface area (Å²) < 4.78 is 43.1. The molecule has 0 aromatic rings. The number of cyclic esters (lactones) is 1. The molecule has 0 saturated carbocycles. The van der Waals surface area contributed by atoms with Crippen molar-refractivity contribution < 1.29 is 63.2 Å². The molecule has 3 aliphatic rings. The van der Waals surface area contributed by atoms with Gasteiger partial charge in [0, 0.05) is 38.6 Å². The smallest absolute Gasteiger partial charge is 0.311 e. The highest BCUT2D eigenvalue weighted by Gasteiger charge is 2.53. The number of likely N-dealkylation sites (N-methyl/N-ethyl adjacent to an activating group) is 1. The molecule has 15 heteroatoms. The lowest BCUT2D eigenvalue weighted by atomic mass is 9.78. The zero-order valence-corrected chi connectivity index (χ0v) is 34.4. The molecular formula is C38H70N2O13. The SMILES string of the molecule is CC[C@H]1OC(=O)[C@H](C)[C@@H](O[C@H]2C[C@@](C)(OC)[C@@H](O)[C@@H](C)O2)[C@H](C)[C@@H](O[C@@H]2O[C@H](C)C[C@H](N(C)C)[C@H]2O)[C@](C)(O)C[C@@H](C)NC(=O)[C@@H](C)[C@@H](OC)[C@]1(C)O. The van der Waals surface area contributed by atoms with Crippen molar-refractivity contribution in [1.82, 2.24) is 10.2 Å². The summed E-state index contributed by atoms with van der Waals surface area (Å²) in [6, 6.07) is -0.922. The quantitative estimate of drug-likeness (QED) is 0.225. The maximum atomic E-state index is 14.3. The van der Waals surface area contributed by atoms with E-state index in [0.29, 0.717) is 6.42 Å². The van der Waals surface area contributed by atoms with Gasteiger partial charge in [0.15, 0.2) is 12.6 Å². The fraction of sp³-hybridized carbons (Fsp3) is 0.947. The van der Waals surface area contributed by atoms with E-state index in [2.05, 4.69) is 5.32 Å². The molecule has 0 spiro atoms. The van der Waals surface area contributed by atoms with Crippen LogP contribution in [0.2, 0.25) is 0 Å². The molecule has 0 aromatic carbocycles. The predicted molar refractivity (Wildman–Crippen MR) is 194 cm³/mol. The van der Waals surface area contributed by atoms with Gasteiger partial charge in [-0.2, -0.15) is 0 Å². The van der Waals surface area contributed by atoms with Crippen LogP contribution >= 0.6 is 0 Å². The third kappa shape index (κ3) is 10.3. The van der Waals surface area contributed by atoms with Gasteiger partial charge >= 0.3 is 5.97 Å². The Kier molecular flexibility index (Phi) is 15.7. The standard InChI is InChI=1S/C38H70N2O13/c1-15-26-38(10,46)32(47-13)23(6)33(43)39-19(2)17-36(8,45)31(53-35-28(41)25(40(11)12)16-20(3)49-35)21(4)29(22(5)34(44)51-26)52-27-18-37(9,48-14)30(42)24(7)50-27/h19-32,35,41-42,45-46H,15-18H2,1-14H3,(H,39,43)/t19-,20-,21+,22-,23+,24-,25+,26-,27+,28-,29+,30+,31-,32-,35+,36-,37-,38-/m1/s1. The number of aliphatic hydroxyl groups is 4. The highest BCUT2D eigenvalue weighted by Crippen LogP contribution is 2.40. The third-order valence-corrected chi connectivity index (χ3v) is 11.9. The van der Waals surface area contributed by atoms with Crippen LogP contribution in [0.5, 0.6) is 0 Å². The number of rotatable bonds is 8. The van der Waals surface area contributed by atoms with Crippen LogP contribution in [-0.2, 0) is 42.7 Å². The molecule has 1 amide bonds. The van der Waals surface area contributed by atoms with Crippen LogP contribution in [0.1, 0.15) is 94.9 Å². The van der Waals surface area contributed by atoms with Crippen LogP contribution in [0.25, 0.3) is 0 Å². The van der Waals surface area contributed by atoms with E-state index >= 15 is 0 Å². The molecule has 3 heterocycles. The number of ether oxygens (including phenoxy) is 7. The van der Waals surface area contributed by atoms with E-state index in [9.17, 15) is 30.0 Å². The first-order valence-corrected chi connectivity index (χ1v) is 19.1. The van der Waals surface area contributed by atoms with E-state index in [1.165, 1.54) is 21.1 Å². The Hall–Kier alpha value is -1.50. The summed E-state index contributed by atoms with van der Waals surface area (Å²) in [6.45, 7) is 16.9. The Bertz CT molecular complexity index is 1200. The maximum absolute atomic E-state index is 14.3. The Balaban J connectivity index is 2.19. The Morgan fingerprint density at radius 3 is 2.08 bits per heavy atom. The number of aliphatic hydroxyl groups excluding tert-OH is 2. The molecule has 0 bridgehead atoms. The topological polar surface area (TPSA) is 195 Å². The van der Waals surface area contributed by atoms with Crippen molar-refractivity contribution >= 4 is 11.9 Å². The van der Waals surface area contributed by atoms with Gasteiger partial charge in [0.2, 0.25) is 5.91 Å². The first-order valence-electron chi connectivity index (χ1n) is 19.1. The molecule has 310 valence electrons. The van der Waals surface area contributed by atoms with Gasteiger partial charge in [0.1, 0.15) is 30.0 Å². The molecule has 3 rings (SSSR count). The lowest BCUT2D eigenvalue weighted by Crippen LogP contribution is -2.61. The van der Waals surface area contributed by atoms with Crippen molar-refractivity contribution in [2.45, 2.75) is 185 Å². The molecule has 18 atom stereocenters. The number of esters is 1. The second kappa shape index (κ2) is 18.2. The Morgan fingerprint density at radius 1 is 0.906 bits per heavy atom. The second-order valence-corrected chi connectivity index (χ2v) is 16.8. The summed E-state index contributed by atoms with van der Waals surface area (Å²) in [5, 5.41) is 49.7. The molecule has 0 unspecified atom stereocenters.